The minimum absolute atomic E-state index is 0.524. The van der Waals surface area contributed by atoms with Gasteiger partial charge < -0.3 is 9.80 Å². The number of fused-ring (bicyclic) bond motifs is 1. The lowest BCUT2D eigenvalue weighted by Crippen LogP contribution is -2.44. The maximum atomic E-state index is 4.81. The largest absolute Gasteiger partial charge is 0.356 e. The fourth-order valence-corrected chi connectivity index (χ4v) is 4.24. The Bertz CT molecular complexity index is 795. The molecule has 0 N–H and O–H groups in total. The Balaban J connectivity index is 1.24. The Kier molecular flexibility index (Phi) is 3.98. The molecule has 0 unspecified atom stereocenters. The maximum Gasteiger partial charge on any atom is 0.151 e. The van der Waals surface area contributed by atoms with Gasteiger partial charge in [-0.15, -0.1) is 5.10 Å². The van der Waals surface area contributed by atoms with Crippen molar-refractivity contribution < 1.29 is 0 Å². The van der Waals surface area contributed by atoms with Gasteiger partial charge in [-0.2, -0.15) is 5.10 Å². The van der Waals surface area contributed by atoms with E-state index in [1.54, 1.807) is 0 Å². The molecular weight excluding hydrogens is 324 g/mol. The normalized spacial score (nSPS) is 20.3. The zero-order valence-corrected chi connectivity index (χ0v) is 15.4. The van der Waals surface area contributed by atoms with E-state index < -0.39 is 0 Å². The van der Waals surface area contributed by atoms with Gasteiger partial charge in [0.2, 0.25) is 0 Å². The number of hydrogen-bond acceptors (Lipinski definition) is 6. The number of anilines is 2. The van der Waals surface area contributed by atoms with Crippen LogP contribution in [0.3, 0.4) is 0 Å². The van der Waals surface area contributed by atoms with Crippen LogP contribution in [-0.4, -0.2) is 46.3 Å². The quantitative estimate of drug-likeness (QED) is 0.845. The first kappa shape index (κ1) is 16.0. The van der Waals surface area contributed by atoms with Crippen LogP contribution >= 0.6 is 0 Å². The Morgan fingerprint density at radius 3 is 2.73 bits per heavy atom. The Morgan fingerprint density at radius 2 is 1.92 bits per heavy atom. The van der Waals surface area contributed by atoms with Crippen molar-refractivity contribution in [2.75, 3.05) is 29.9 Å². The van der Waals surface area contributed by atoms with Gasteiger partial charge in [0.25, 0.3) is 0 Å². The van der Waals surface area contributed by atoms with Crippen LogP contribution in [0.1, 0.15) is 55.1 Å². The Hall–Kier alpha value is -2.24. The molecule has 0 atom stereocenters. The second kappa shape index (κ2) is 6.49. The van der Waals surface area contributed by atoms with Gasteiger partial charge in [0.1, 0.15) is 11.6 Å². The third-order valence-electron chi connectivity index (χ3n) is 6.11. The average molecular weight is 350 g/mol. The number of piperidine rings is 1. The summed E-state index contributed by atoms with van der Waals surface area (Å²) in [5, 5.41) is 8.93. The van der Waals surface area contributed by atoms with Crippen LogP contribution in [0.5, 0.6) is 0 Å². The summed E-state index contributed by atoms with van der Waals surface area (Å²) in [4.78, 5) is 14.0. The van der Waals surface area contributed by atoms with Gasteiger partial charge in [-0.1, -0.05) is 0 Å². The monoisotopic (exact) mass is 350 g/mol. The molecule has 0 radical (unpaired) electrons. The predicted molar refractivity (Wildman–Crippen MR) is 102 cm³/mol. The summed E-state index contributed by atoms with van der Waals surface area (Å²) in [7, 11) is 2.18. The third-order valence-corrected chi connectivity index (χ3v) is 6.11. The van der Waals surface area contributed by atoms with Crippen LogP contribution in [0.15, 0.2) is 18.3 Å². The summed E-state index contributed by atoms with van der Waals surface area (Å²) in [5.41, 5.74) is 2.61. The molecule has 6 nitrogen and oxygen atoms in total. The summed E-state index contributed by atoms with van der Waals surface area (Å²) in [6.45, 7) is 2.06. The van der Waals surface area contributed by atoms with E-state index in [-0.39, 0.29) is 0 Å². The smallest absolute Gasteiger partial charge is 0.151 e. The van der Waals surface area contributed by atoms with Crippen LogP contribution in [0.4, 0.5) is 11.6 Å². The van der Waals surface area contributed by atoms with Crippen molar-refractivity contribution in [1.29, 1.82) is 0 Å². The van der Waals surface area contributed by atoms with E-state index in [1.807, 2.05) is 12.3 Å². The van der Waals surface area contributed by atoms with Crippen molar-refractivity contribution >= 4 is 11.6 Å². The van der Waals surface area contributed by atoms with Gasteiger partial charge in [-0.3, -0.25) is 0 Å². The van der Waals surface area contributed by atoms with Crippen molar-refractivity contribution in [3.05, 3.63) is 35.4 Å². The molecule has 1 aliphatic heterocycles. The lowest BCUT2D eigenvalue weighted by molar-refractivity contribution is 0.476. The van der Waals surface area contributed by atoms with Crippen molar-refractivity contribution in [1.82, 2.24) is 20.2 Å². The van der Waals surface area contributed by atoms with Crippen molar-refractivity contribution in [2.24, 2.45) is 0 Å². The molecule has 3 heterocycles. The molecule has 0 bridgehead atoms. The first-order valence-electron chi connectivity index (χ1n) is 9.94. The number of aryl methyl sites for hydroxylation is 2. The van der Waals surface area contributed by atoms with E-state index in [0.717, 1.165) is 56.2 Å². The summed E-state index contributed by atoms with van der Waals surface area (Å²) in [6, 6.07) is 4.84. The highest BCUT2D eigenvalue weighted by molar-refractivity contribution is 5.44. The highest BCUT2D eigenvalue weighted by atomic mass is 15.3. The molecule has 0 aromatic carbocycles. The zero-order chi connectivity index (χ0) is 17.5. The molecule has 5 rings (SSSR count). The van der Waals surface area contributed by atoms with Crippen LogP contribution < -0.4 is 9.80 Å². The SMILES string of the molecule is CN(c1ccnc(C2CC2)n1)C1CCN(c2cc3c(nn2)CCC3)CC1. The summed E-state index contributed by atoms with van der Waals surface area (Å²) in [5.74, 6) is 3.76. The second-order valence-corrected chi connectivity index (χ2v) is 7.90. The zero-order valence-electron chi connectivity index (χ0n) is 15.4. The van der Waals surface area contributed by atoms with E-state index in [0.29, 0.717) is 12.0 Å². The first-order valence-corrected chi connectivity index (χ1v) is 9.94. The maximum absolute atomic E-state index is 4.81. The Labute approximate surface area is 154 Å². The highest BCUT2D eigenvalue weighted by Gasteiger charge is 2.29. The molecular formula is C20H26N6. The predicted octanol–water partition coefficient (Wildman–Crippen LogP) is 2.74. The molecule has 2 aliphatic carbocycles. The molecule has 3 aliphatic rings. The summed E-state index contributed by atoms with van der Waals surface area (Å²) >= 11 is 0. The number of hydrogen-bond donors (Lipinski definition) is 0. The topological polar surface area (TPSA) is 58.0 Å². The number of nitrogens with zero attached hydrogens (tertiary/aromatic N) is 6. The van der Waals surface area contributed by atoms with Crippen LogP contribution in [0, 0.1) is 0 Å². The second-order valence-electron chi connectivity index (χ2n) is 7.90. The van der Waals surface area contributed by atoms with Crippen LogP contribution in [0.2, 0.25) is 0 Å². The van der Waals surface area contributed by atoms with Gasteiger partial charge in [-0.05, 0) is 62.6 Å². The van der Waals surface area contributed by atoms with Crippen LogP contribution in [-0.2, 0) is 12.8 Å². The fourth-order valence-electron chi connectivity index (χ4n) is 4.24. The average Bonchev–Trinajstić information content (AvgIpc) is 3.45. The first-order chi connectivity index (χ1) is 12.8. The van der Waals surface area contributed by atoms with E-state index >= 15 is 0 Å². The van der Waals surface area contributed by atoms with Gasteiger partial charge >= 0.3 is 0 Å². The molecule has 2 aromatic heterocycles. The van der Waals surface area contributed by atoms with E-state index in [4.69, 9.17) is 4.98 Å². The Morgan fingerprint density at radius 1 is 1.08 bits per heavy atom. The molecule has 2 fully saturated rings. The molecule has 1 saturated carbocycles. The molecule has 6 heteroatoms. The molecule has 0 spiro atoms. The van der Waals surface area contributed by atoms with Crippen molar-refractivity contribution in [2.45, 2.75) is 56.9 Å². The van der Waals surface area contributed by atoms with E-state index in [2.05, 4.69) is 38.1 Å². The van der Waals surface area contributed by atoms with Crippen LogP contribution in [0.25, 0.3) is 0 Å². The van der Waals surface area contributed by atoms with E-state index in [9.17, 15) is 0 Å². The molecule has 2 aromatic rings. The lowest BCUT2D eigenvalue weighted by Gasteiger charge is -2.37. The molecule has 0 amide bonds. The summed E-state index contributed by atoms with van der Waals surface area (Å²) < 4.78 is 0. The standard InChI is InChI=1S/C20H26N6/c1-25(18-7-10-21-20(22-18)14-5-6-14)16-8-11-26(12-9-16)19-13-15-3-2-4-17(15)23-24-19/h7,10,13-14,16H,2-6,8-9,11-12H2,1H3. The van der Waals surface area contributed by atoms with Gasteiger partial charge in [0.15, 0.2) is 5.82 Å². The number of rotatable bonds is 4. The van der Waals surface area contributed by atoms with Gasteiger partial charge in [0.05, 0.1) is 5.69 Å². The van der Waals surface area contributed by atoms with E-state index in [1.165, 1.54) is 30.5 Å². The molecule has 136 valence electrons. The fraction of sp³-hybridized carbons (Fsp3) is 0.600. The summed E-state index contributed by atoms with van der Waals surface area (Å²) in [6.07, 6.45) is 10.1. The third kappa shape index (κ3) is 3.02. The highest BCUT2D eigenvalue weighted by Crippen LogP contribution is 2.38. The molecule has 1 saturated heterocycles. The molecule has 26 heavy (non-hydrogen) atoms. The van der Waals surface area contributed by atoms with Gasteiger partial charge in [-0.25, -0.2) is 9.97 Å². The number of aromatic nitrogens is 4. The van der Waals surface area contributed by atoms with Crippen molar-refractivity contribution in [3.8, 4) is 0 Å². The van der Waals surface area contributed by atoms with Gasteiger partial charge in [0, 0.05) is 38.3 Å². The van der Waals surface area contributed by atoms with Crippen molar-refractivity contribution in [3.63, 3.8) is 0 Å². The minimum Gasteiger partial charge on any atom is -0.356 e. The lowest BCUT2D eigenvalue weighted by atomic mass is 10.0. The minimum atomic E-state index is 0.524.